The van der Waals surface area contributed by atoms with Crippen LogP contribution in [0.15, 0.2) is 52.9 Å². The van der Waals surface area contributed by atoms with Gasteiger partial charge in [-0.3, -0.25) is 9.59 Å². The second kappa shape index (κ2) is 11.2. The highest BCUT2D eigenvalue weighted by molar-refractivity contribution is 5.97. The Morgan fingerprint density at radius 1 is 1.03 bits per heavy atom. The SMILES string of the molecule is CC(C(=O)NCCN1CCCCC1)C1CCN(C(=O)c2ccc3oc(-c4ccccc4)nc3c2)CC1. The summed E-state index contributed by atoms with van der Waals surface area (Å²) in [5.41, 5.74) is 2.89. The van der Waals surface area contributed by atoms with E-state index < -0.39 is 0 Å². The normalized spacial score (nSPS) is 18.3. The van der Waals surface area contributed by atoms with E-state index in [-0.39, 0.29) is 17.7 Å². The summed E-state index contributed by atoms with van der Waals surface area (Å²) in [6.07, 6.45) is 5.55. The van der Waals surface area contributed by atoms with Gasteiger partial charge in [-0.2, -0.15) is 0 Å². The third kappa shape index (κ3) is 5.62. The molecular formula is C29H36N4O3. The van der Waals surface area contributed by atoms with Crippen molar-refractivity contribution in [3.63, 3.8) is 0 Å². The van der Waals surface area contributed by atoms with Crippen molar-refractivity contribution in [2.75, 3.05) is 39.3 Å². The van der Waals surface area contributed by atoms with E-state index in [1.54, 1.807) is 0 Å². The molecule has 190 valence electrons. The molecule has 2 aromatic carbocycles. The summed E-state index contributed by atoms with van der Waals surface area (Å²) >= 11 is 0. The number of nitrogens with one attached hydrogen (secondary N) is 1. The fourth-order valence-electron chi connectivity index (χ4n) is 5.45. The van der Waals surface area contributed by atoms with Gasteiger partial charge >= 0.3 is 0 Å². The summed E-state index contributed by atoms with van der Waals surface area (Å²) in [5, 5.41) is 3.14. The summed E-state index contributed by atoms with van der Waals surface area (Å²) in [6, 6.07) is 15.2. The topological polar surface area (TPSA) is 78.7 Å². The van der Waals surface area contributed by atoms with Crippen LogP contribution < -0.4 is 5.32 Å². The average Bonchev–Trinajstić information content (AvgIpc) is 3.37. The number of benzene rings is 2. The summed E-state index contributed by atoms with van der Waals surface area (Å²) in [5.74, 6) is 0.974. The van der Waals surface area contributed by atoms with Gasteiger partial charge in [0.2, 0.25) is 11.8 Å². The number of nitrogens with zero attached hydrogens (tertiary/aromatic N) is 3. The van der Waals surface area contributed by atoms with E-state index in [1.165, 1.54) is 19.3 Å². The van der Waals surface area contributed by atoms with Gasteiger partial charge in [0.1, 0.15) is 5.52 Å². The van der Waals surface area contributed by atoms with Gasteiger partial charge in [0.05, 0.1) is 0 Å². The molecule has 1 N–H and O–H groups in total. The number of amides is 2. The predicted octanol–water partition coefficient (Wildman–Crippen LogP) is 4.59. The van der Waals surface area contributed by atoms with Gasteiger partial charge in [-0.05, 0) is 75.0 Å². The Hall–Kier alpha value is -3.19. The first kappa shape index (κ1) is 24.5. The van der Waals surface area contributed by atoms with Crippen molar-refractivity contribution in [2.45, 2.75) is 39.0 Å². The van der Waals surface area contributed by atoms with Gasteiger partial charge in [-0.15, -0.1) is 0 Å². The molecule has 0 saturated carbocycles. The smallest absolute Gasteiger partial charge is 0.253 e. The monoisotopic (exact) mass is 488 g/mol. The molecule has 3 heterocycles. The molecule has 0 spiro atoms. The van der Waals surface area contributed by atoms with E-state index in [1.807, 2.05) is 60.4 Å². The van der Waals surface area contributed by atoms with Crippen molar-refractivity contribution in [3.05, 3.63) is 54.1 Å². The van der Waals surface area contributed by atoms with Gasteiger partial charge in [-0.25, -0.2) is 4.98 Å². The number of carbonyl (C=O) groups excluding carboxylic acids is 2. The molecule has 2 saturated heterocycles. The van der Waals surface area contributed by atoms with Crippen LogP contribution in [0.1, 0.15) is 49.4 Å². The number of piperidine rings is 2. The van der Waals surface area contributed by atoms with Crippen LogP contribution in [0.4, 0.5) is 0 Å². The molecule has 2 amide bonds. The number of likely N-dealkylation sites (tertiary alicyclic amines) is 2. The minimum absolute atomic E-state index is 0.0123. The predicted molar refractivity (Wildman–Crippen MR) is 141 cm³/mol. The highest BCUT2D eigenvalue weighted by Gasteiger charge is 2.30. The lowest BCUT2D eigenvalue weighted by Crippen LogP contribution is -2.44. The first-order valence-corrected chi connectivity index (χ1v) is 13.3. The molecule has 1 atom stereocenters. The number of fused-ring (bicyclic) bond motifs is 1. The average molecular weight is 489 g/mol. The fraction of sp³-hybridized carbons (Fsp3) is 0.483. The van der Waals surface area contributed by atoms with Crippen LogP contribution in [0.3, 0.4) is 0 Å². The number of hydrogen-bond acceptors (Lipinski definition) is 5. The van der Waals surface area contributed by atoms with Gasteiger partial charge in [-0.1, -0.05) is 31.5 Å². The third-order valence-corrected chi connectivity index (χ3v) is 7.78. The molecule has 3 aromatic rings. The molecule has 0 bridgehead atoms. The number of aromatic nitrogens is 1. The number of carbonyl (C=O) groups is 2. The number of hydrogen-bond donors (Lipinski definition) is 1. The maximum atomic E-state index is 13.2. The van der Waals surface area contributed by atoms with Crippen LogP contribution in [-0.2, 0) is 4.79 Å². The Kier molecular flexibility index (Phi) is 7.66. The molecule has 7 nitrogen and oxygen atoms in total. The maximum absolute atomic E-state index is 13.2. The fourth-order valence-corrected chi connectivity index (χ4v) is 5.45. The van der Waals surface area contributed by atoms with Crippen molar-refractivity contribution in [3.8, 4) is 11.5 Å². The molecule has 7 heteroatoms. The van der Waals surface area contributed by atoms with Gasteiger partial charge in [0.15, 0.2) is 5.58 Å². The Balaban J connectivity index is 1.13. The number of rotatable bonds is 7. The van der Waals surface area contributed by atoms with Gasteiger partial charge < -0.3 is 19.5 Å². The van der Waals surface area contributed by atoms with E-state index in [2.05, 4.69) is 15.2 Å². The van der Waals surface area contributed by atoms with E-state index in [0.29, 0.717) is 41.6 Å². The molecule has 1 aromatic heterocycles. The molecule has 5 rings (SSSR count). The van der Waals surface area contributed by atoms with E-state index >= 15 is 0 Å². The van der Waals surface area contributed by atoms with Crippen molar-refractivity contribution >= 4 is 22.9 Å². The quantitative estimate of drug-likeness (QED) is 0.527. The van der Waals surface area contributed by atoms with Crippen molar-refractivity contribution in [1.82, 2.24) is 20.1 Å². The van der Waals surface area contributed by atoms with Gasteiger partial charge in [0, 0.05) is 43.2 Å². The summed E-state index contributed by atoms with van der Waals surface area (Å²) < 4.78 is 5.88. The van der Waals surface area contributed by atoms with E-state index in [0.717, 1.165) is 44.6 Å². The lowest BCUT2D eigenvalue weighted by Gasteiger charge is -2.34. The third-order valence-electron chi connectivity index (χ3n) is 7.78. The zero-order chi connectivity index (χ0) is 24.9. The Labute approximate surface area is 212 Å². The molecule has 0 aliphatic carbocycles. The zero-order valence-corrected chi connectivity index (χ0v) is 21.1. The second-order valence-corrected chi connectivity index (χ2v) is 10.2. The summed E-state index contributed by atoms with van der Waals surface area (Å²) in [7, 11) is 0. The van der Waals surface area contributed by atoms with E-state index in [4.69, 9.17) is 4.42 Å². The zero-order valence-electron chi connectivity index (χ0n) is 21.1. The second-order valence-electron chi connectivity index (χ2n) is 10.2. The van der Waals surface area contributed by atoms with Crippen molar-refractivity contribution in [2.24, 2.45) is 11.8 Å². The highest BCUT2D eigenvalue weighted by Crippen LogP contribution is 2.28. The first-order valence-electron chi connectivity index (χ1n) is 13.3. The lowest BCUT2D eigenvalue weighted by atomic mass is 9.84. The lowest BCUT2D eigenvalue weighted by molar-refractivity contribution is -0.126. The molecular weight excluding hydrogens is 452 g/mol. The minimum Gasteiger partial charge on any atom is -0.436 e. The standard InChI is InChI=1S/C29H36N4O3/c1-21(27(34)30-14-19-32-15-6-3-7-16-32)22-12-17-33(18-13-22)29(35)24-10-11-26-25(20-24)31-28(36-26)23-8-4-2-5-9-23/h2,4-5,8-11,20-22H,3,6-7,12-19H2,1H3,(H,30,34). The van der Waals surface area contributed by atoms with Crippen LogP contribution >= 0.6 is 0 Å². The number of oxazole rings is 1. The Morgan fingerprint density at radius 3 is 2.53 bits per heavy atom. The molecule has 2 aliphatic rings. The molecule has 1 unspecified atom stereocenters. The van der Waals surface area contributed by atoms with Crippen LogP contribution in [0, 0.1) is 11.8 Å². The van der Waals surface area contributed by atoms with Crippen LogP contribution in [-0.4, -0.2) is 65.9 Å². The molecule has 2 fully saturated rings. The Bertz CT molecular complexity index is 1180. The summed E-state index contributed by atoms with van der Waals surface area (Å²) in [6.45, 7) is 7.32. The first-order chi connectivity index (χ1) is 17.6. The maximum Gasteiger partial charge on any atom is 0.253 e. The van der Waals surface area contributed by atoms with Crippen molar-refractivity contribution in [1.29, 1.82) is 0 Å². The molecule has 36 heavy (non-hydrogen) atoms. The summed E-state index contributed by atoms with van der Waals surface area (Å²) in [4.78, 5) is 34.9. The van der Waals surface area contributed by atoms with E-state index in [9.17, 15) is 9.59 Å². The highest BCUT2D eigenvalue weighted by atomic mass is 16.3. The largest absolute Gasteiger partial charge is 0.436 e. The minimum atomic E-state index is -0.0357. The molecule has 0 radical (unpaired) electrons. The van der Waals surface area contributed by atoms with Crippen molar-refractivity contribution < 1.29 is 14.0 Å². The van der Waals surface area contributed by atoms with Crippen LogP contribution in [0.5, 0.6) is 0 Å². The van der Waals surface area contributed by atoms with Gasteiger partial charge in [0.25, 0.3) is 5.91 Å². The Morgan fingerprint density at radius 2 is 1.78 bits per heavy atom. The molecule has 2 aliphatic heterocycles. The van der Waals surface area contributed by atoms with Crippen LogP contribution in [0.2, 0.25) is 0 Å². The van der Waals surface area contributed by atoms with Crippen LogP contribution in [0.25, 0.3) is 22.6 Å².